The topological polar surface area (TPSA) is 58.8 Å². The van der Waals surface area contributed by atoms with Gasteiger partial charge in [-0.25, -0.2) is 0 Å². The maximum atomic E-state index is 13.1. The summed E-state index contributed by atoms with van der Waals surface area (Å²) in [5.41, 5.74) is 2.47. The van der Waals surface area contributed by atoms with Crippen LogP contribution in [0.4, 0.5) is 24.7 Å². The van der Waals surface area contributed by atoms with Crippen molar-refractivity contribution < 1.29 is 17.9 Å². The van der Waals surface area contributed by atoms with Crippen LogP contribution >= 0.6 is 0 Å². The fourth-order valence-electron chi connectivity index (χ4n) is 4.07. The van der Waals surface area contributed by atoms with Gasteiger partial charge in [-0.15, -0.1) is 15.3 Å². The van der Waals surface area contributed by atoms with Crippen LogP contribution in [0.25, 0.3) is 5.65 Å². The third-order valence-corrected chi connectivity index (χ3v) is 5.52. The van der Waals surface area contributed by atoms with Crippen LogP contribution in [-0.4, -0.2) is 45.7 Å². The van der Waals surface area contributed by atoms with E-state index in [1.165, 1.54) is 17.3 Å². The summed E-state index contributed by atoms with van der Waals surface area (Å²) in [6.07, 6.45) is -2.86. The summed E-state index contributed by atoms with van der Waals surface area (Å²) in [6, 6.07) is 11.8. The largest absolute Gasteiger partial charge is 0.453 e. The van der Waals surface area contributed by atoms with Gasteiger partial charge in [0.25, 0.3) is 5.82 Å². The second-order valence-electron chi connectivity index (χ2n) is 7.28. The fourth-order valence-corrected chi connectivity index (χ4v) is 4.07. The lowest BCUT2D eigenvalue weighted by Crippen LogP contribution is -2.47. The van der Waals surface area contributed by atoms with Crippen molar-refractivity contribution in [3.05, 3.63) is 47.8 Å². The average molecular weight is 404 g/mol. The number of alkyl halides is 3. The van der Waals surface area contributed by atoms with Gasteiger partial charge in [0.15, 0.2) is 5.65 Å². The quantitative estimate of drug-likeness (QED) is 0.654. The van der Waals surface area contributed by atoms with Gasteiger partial charge in [0.05, 0.1) is 6.61 Å². The maximum Gasteiger partial charge on any atom is 0.453 e. The zero-order chi connectivity index (χ0) is 20.0. The second kappa shape index (κ2) is 6.87. The number of ether oxygens (including phenoxy) is 1. The smallest absolute Gasteiger partial charge is 0.356 e. The summed E-state index contributed by atoms with van der Waals surface area (Å²) in [4.78, 5) is 4.29. The number of anilines is 2. The van der Waals surface area contributed by atoms with E-state index in [4.69, 9.17) is 4.74 Å². The first-order valence-electron chi connectivity index (χ1n) is 9.47. The predicted octanol–water partition coefficient (Wildman–Crippen LogP) is 3.11. The number of hydrogen-bond acceptors (Lipinski definition) is 6. The van der Waals surface area contributed by atoms with E-state index >= 15 is 0 Å². The maximum absolute atomic E-state index is 13.1. The molecule has 0 amide bonds. The molecular formula is C19H19F3N6O. The molecule has 1 saturated heterocycles. The zero-order valence-corrected chi connectivity index (χ0v) is 15.5. The molecule has 1 aromatic carbocycles. The van der Waals surface area contributed by atoms with Crippen LogP contribution in [0.15, 0.2) is 36.4 Å². The van der Waals surface area contributed by atoms with Crippen LogP contribution in [0.2, 0.25) is 0 Å². The van der Waals surface area contributed by atoms with E-state index in [9.17, 15) is 13.2 Å². The lowest BCUT2D eigenvalue weighted by atomic mass is 10.0. The Morgan fingerprint density at radius 1 is 1.00 bits per heavy atom. The number of piperidine rings is 1. The van der Waals surface area contributed by atoms with Crippen molar-refractivity contribution in [1.82, 2.24) is 19.8 Å². The molecule has 1 fully saturated rings. The highest BCUT2D eigenvalue weighted by molar-refractivity contribution is 5.55. The van der Waals surface area contributed by atoms with Gasteiger partial charge in [0.1, 0.15) is 12.5 Å². The molecule has 2 aliphatic rings. The van der Waals surface area contributed by atoms with Gasteiger partial charge < -0.3 is 14.5 Å². The van der Waals surface area contributed by atoms with Crippen LogP contribution in [0.3, 0.4) is 0 Å². The van der Waals surface area contributed by atoms with Gasteiger partial charge in [0.2, 0.25) is 0 Å². The fraction of sp³-hybridized carbons (Fsp3) is 0.421. The third-order valence-electron chi connectivity index (χ3n) is 5.52. The van der Waals surface area contributed by atoms with Crippen molar-refractivity contribution >= 4 is 17.2 Å². The van der Waals surface area contributed by atoms with Crippen LogP contribution in [0.5, 0.6) is 0 Å². The van der Waals surface area contributed by atoms with E-state index in [-0.39, 0.29) is 5.65 Å². The molecule has 0 bridgehead atoms. The number of fused-ring (bicyclic) bond motifs is 2. The lowest BCUT2D eigenvalue weighted by molar-refractivity contribution is -0.146. The van der Waals surface area contributed by atoms with Crippen LogP contribution in [0.1, 0.15) is 24.2 Å². The van der Waals surface area contributed by atoms with Crippen LogP contribution in [0, 0.1) is 0 Å². The van der Waals surface area contributed by atoms with Crippen molar-refractivity contribution in [1.29, 1.82) is 0 Å². The van der Waals surface area contributed by atoms with Crippen molar-refractivity contribution in [3.8, 4) is 0 Å². The summed E-state index contributed by atoms with van der Waals surface area (Å²) in [6.45, 7) is 2.58. The number of aromatic nitrogens is 4. The van der Waals surface area contributed by atoms with Crippen molar-refractivity contribution in [2.45, 2.75) is 31.7 Å². The molecule has 0 unspecified atom stereocenters. The summed E-state index contributed by atoms with van der Waals surface area (Å²) in [5, 5.41) is 10.9. The molecular weight excluding hydrogens is 385 g/mol. The van der Waals surface area contributed by atoms with E-state index in [0.717, 1.165) is 17.4 Å². The molecule has 0 spiro atoms. The number of nitrogens with zero attached hydrogens (tertiary/aromatic N) is 6. The summed E-state index contributed by atoms with van der Waals surface area (Å²) >= 11 is 0. The minimum absolute atomic E-state index is 0.0815. The van der Waals surface area contributed by atoms with E-state index in [0.29, 0.717) is 38.3 Å². The van der Waals surface area contributed by atoms with Gasteiger partial charge in [-0.05, 0) is 31.0 Å². The van der Waals surface area contributed by atoms with Gasteiger partial charge in [-0.1, -0.05) is 18.2 Å². The van der Waals surface area contributed by atoms with Crippen LogP contribution in [-0.2, 0) is 17.5 Å². The number of para-hydroxylation sites is 1. The molecule has 5 rings (SSSR count). The minimum atomic E-state index is -4.60. The molecule has 29 heavy (non-hydrogen) atoms. The highest BCUT2D eigenvalue weighted by Gasteiger charge is 2.38. The first-order valence-corrected chi connectivity index (χ1v) is 9.47. The molecule has 4 heterocycles. The first kappa shape index (κ1) is 18.2. The summed E-state index contributed by atoms with van der Waals surface area (Å²) in [7, 11) is 0. The normalized spacial score (nSPS) is 18.3. The molecule has 10 heteroatoms. The number of hydrogen-bond donors (Lipinski definition) is 0. The number of benzene rings is 1. The van der Waals surface area contributed by atoms with Crippen molar-refractivity contribution in [2.75, 3.05) is 29.6 Å². The Hall–Kier alpha value is -2.88. The average Bonchev–Trinajstić information content (AvgIpc) is 3.17. The molecule has 0 atom stereocenters. The molecule has 0 N–H and O–H groups in total. The first-order chi connectivity index (χ1) is 14.0. The Labute approximate surface area is 164 Å². The van der Waals surface area contributed by atoms with Crippen molar-refractivity contribution in [3.63, 3.8) is 0 Å². The Morgan fingerprint density at radius 2 is 1.79 bits per heavy atom. The Bertz CT molecular complexity index is 1030. The molecule has 2 aromatic heterocycles. The van der Waals surface area contributed by atoms with E-state index in [1.54, 1.807) is 6.07 Å². The molecule has 152 valence electrons. The van der Waals surface area contributed by atoms with Crippen LogP contribution < -0.4 is 9.80 Å². The molecule has 0 radical (unpaired) electrons. The van der Waals surface area contributed by atoms with Gasteiger partial charge in [-0.2, -0.15) is 17.7 Å². The molecule has 3 aromatic rings. The highest BCUT2D eigenvalue weighted by Crippen LogP contribution is 2.32. The number of rotatable bonds is 2. The summed E-state index contributed by atoms with van der Waals surface area (Å²) in [5.74, 6) is -0.608. The Morgan fingerprint density at radius 3 is 2.59 bits per heavy atom. The Balaban J connectivity index is 1.34. The van der Waals surface area contributed by atoms with Gasteiger partial charge in [0, 0.05) is 30.4 Å². The Kier molecular flexibility index (Phi) is 4.30. The molecule has 7 nitrogen and oxygen atoms in total. The number of halogens is 3. The summed E-state index contributed by atoms with van der Waals surface area (Å²) < 4.78 is 45.8. The van der Waals surface area contributed by atoms with E-state index in [1.807, 2.05) is 17.0 Å². The van der Waals surface area contributed by atoms with Gasteiger partial charge >= 0.3 is 6.18 Å². The zero-order valence-electron chi connectivity index (χ0n) is 15.5. The lowest BCUT2D eigenvalue weighted by Gasteiger charge is -2.42. The third kappa shape index (κ3) is 3.27. The molecule has 0 saturated carbocycles. The SMILES string of the molecule is FC(F)(F)c1nnc2ccc(N3CCC(N4COCc5ccccc54)CC3)nn12. The molecule has 2 aliphatic heterocycles. The van der Waals surface area contributed by atoms with E-state index < -0.39 is 12.0 Å². The highest BCUT2D eigenvalue weighted by atomic mass is 19.4. The van der Waals surface area contributed by atoms with Crippen molar-refractivity contribution in [2.24, 2.45) is 0 Å². The predicted molar refractivity (Wildman–Crippen MR) is 99.6 cm³/mol. The van der Waals surface area contributed by atoms with Gasteiger partial charge in [-0.3, -0.25) is 0 Å². The molecule has 0 aliphatic carbocycles. The van der Waals surface area contributed by atoms with E-state index in [2.05, 4.69) is 32.3 Å². The standard InChI is InChI=1S/C19H19F3N6O/c20-19(21,22)18-24-23-16-5-6-17(25-28(16)18)26-9-7-14(8-10-26)27-12-29-11-13-3-1-2-4-15(13)27/h1-6,14H,7-12H2. The minimum Gasteiger partial charge on any atom is -0.356 e. The monoisotopic (exact) mass is 404 g/mol. The second-order valence-corrected chi connectivity index (χ2v) is 7.28.